The first-order valence-electron chi connectivity index (χ1n) is 7.66. The number of ether oxygens (including phenoxy) is 2. The molecule has 1 aromatic rings. The van der Waals surface area contributed by atoms with E-state index >= 15 is 0 Å². The van der Waals surface area contributed by atoms with Gasteiger partial charge in [0.2, 0.25) is 0 Å². The maximum Gasteiger partial charge on any atom is 0.317 e. The Kier molecular flexibility index (Phi) is 6.76. The first-order chi connectivity index (χ1) is 11.1. The number of nitrogens with one attached hydrogen (secondary N) is 1. The molecule has 1 unspecified atom stereocenters. The Labute approximate surface area is 136 Å². The Hall–Kier alpha value is -1.70. The first-order valence-corrected chi connectivity index (χ1v) is 7.66. The Balaban J connectivity index is 1.94. The molecule has 6 nitrogen and oxygen atoms in total. The molecule has 2 rings (SSSR count). The van der Waals surface area contributed by atoms with Crippen LogP contribution < -0.4 is 5.32 Å². The maximum absolute atomic E-state index is 13.8. The minimum atomic E-state index is -0.303. The van der Waals surface area contributed by atoms with E-state index in [1.165, 1.54) is 6.07 Å². The van der Waals surface area contributed by atoms with E-state index < -0.39 is 0 Å². The van der Waals surface area contributed by atoms with Crippen LogP contribution in [0.25, 0.3) is 0 Å². The summed E-state index contributed by atoms with van der Waals surface area (Å²) < 4.78 is 24.2. The van der Waals surface area contributed by atoms with Crippen LogP contribution in [-0.2, 0) is 16.0 Å². The van der Waals surface area contributed by atoms with E-state index in [2.05, 4.69) is 5.32 Å². The molecule has 1 aliphatic rings. The molecule has 0 spiro atoms. The highest BCUT2D eigenvalue weighted by molar-refractivity contribution is 5.74. The second-order valence-electron chi connectivity index (χ2n) is 5.78. The van der Waals surface area contributed by atoms with Crippen LogP contribution in [0.5, 0.6) is 0 Å². The monoisotopic (exact) mass is 325 g/mol. The quantitative estimate of drug-likeness (QED) is 0.820. The van der Waals surface area contributed by atoms with Crippen molar-refractivity contribution in [2.45, 2.75) is 12.6 Å². The molecule has 1 N–H and O–H groups in total. The first kappa shape index (κ1) is 17.7. The average Bonchev–Trinajstić information content (AvgIpc) is 3.04. The number of amides is 2. The third kappa shape index (κ3) is 5.78. The summed E-state index contributed by atoms with van der Waals surface area (Å²) in [5, 5.41) is 2.83. The van der Waals surface area contributed by atoms with Crippen LogP contribution in [0.1, 0.15) is 5.56 Å². The van der Waals surface area contributed by atoms with Crippen molar-refractivity contribution in [1.29, 1.82) is 0 Å². The Morgan fingerprint density at radius 2 is 2.13 bits per heavy atom. The molecule has 7 heteroatoms. The lowest BCUT2D eigenvalue weighted by Gasteiger charge is -2.25. The normalized spacial score (nSPS) is 17.5. The fourth-order valence-electron chi connectivity index (χ4n) is 2.21. The number of benzene rings is 1. The third-order valence-corrected chi connectivity index (χ3v) is 3.60. The van der Waals surface area contributed by atoms with Crippen LogP contribution >= 0.6 is 0 Å². The van der Waals surface area contributed by atoms with Gasteiger partial charge in [0.15, 0.2) is 0 Å². The number of nitrogens with zero attached hydrogens (tertiary/aromatic N) is 2. The van der Waals surface area contributed by atoms with Crippen LogP contribution in [0, 0.1) is 5.82 Å². The molecule has 128 valence electrons. The van der Waals surface area contributed by atoms with Crippen LogP contribution in [0.2, 0.25) is 0 Å². The van der Waals surface area contributed by atoms with Gasteiger partial charge in [0.05, 0.1) is 13.2 Å². The summed E-state index contributed by atoms with van der Waals surface area (Å²) in [7, 11) is 3.87. The molecule has 1 saturated heterocycles. The number of likely N-dealkylation sites (N-methyl/N-ethyl adjacent to an activating group) is 1. The lowest BCUT2D eigenvalue weighted by Crippen LogP contribution is -2.45. The van der Waals surface area contributed by atoms with Crippen molar-refractivity contribution in [3.8, 4) is 0 Å². The Bertz CT molecular complexity index is 507. The largest absolute Gasteiger partial charge is 0.353 e. The lowest BCUT2D eigenvalue weighted by atomic mass is 10.2. The summed E-state index contributed by atoms with van der Waals surface area (Å²) in [6.07, 6.45) is -0.122. The zero-order valence-corrected chi connectivity index (χ0v) is 13.6. The number of hydrogen-bond donors (Lipinski definition) is 1. The van der Waals surface area contributed by atoms with Gasteiger partial charge in [-0.3, -0.25) is 0 Å². The predicted octanol–water partition coefficient (Wildman–Crippen LogP) is 1.27. The second-order valence-corrected chi connectivity index (χ2v) is 5.78. The molecule has 2 amide bonds. The Morgan fingerprint density at radius 1 is 1.35 bits per heavy atom. The molecule has 1 aromatic carbocycles. The molecule has 0 saturated carbocycles. The maximum atomic E-state index is 13.8. The molecule has 23 heavy (non-hydrogen) atoms. The van der Waals surface area contributed by atoms with Gasteiger partial charge < -0.3 is 24.6 Å². The summed E-state index contributed by atoms with van der Waals surface area (Å²) >= 11 is 0. The zero-order chi connectivity index (χ0) is 16.7. The zero-order valence-electron chi connectivity index (χ0n) is 13.6. The molecule has 1 atom stereocenters. The summed E-state index contributed by atoms with van der Waals surface area (Å²) in [5.74, 6) is -0.303. The van der Waals surface area contributed by atoms with Crippen LogP contribution in [-0.4, -0.2) is 69.1 Å². The second kappa shape index (κ2) is 8.81. The standard InChI is InChI=1S/C16H24FN3O3/c1-19(2)7-8-20(10-13-5-3-4-6-15(13)17)16(21)18-9-14-11-22-12-23-14/h3-6,14H,7-12H2,1-2H3,(H,18,21). The van der Waals surface area contributed by atoms with Crippen molar-refractivity contribution in [1.82, 2.24) is 15.1 Å². The Morgan fingerprint density at radius 3 is 2.78 bits per heavy atom. The summed E-state index contributed by atoms with van der Waals surface area (Å²) in [6.45, 7) is 2.56. The molecule has 0 aromatic heterocycles. The number of halogens is 1. The molecule has 0 radical (unpaired) electrons. The third-order valence-electron chi connectivity index (χ3n) is 3.60. The van der Waals surface area contributed by atoms with Crippen LogP contribution in [0.4, 0.5) is 9.18 Å². The summed E-state index contributed by atoms with van der Waals surface area (Å²) in [6, 6.07) is 6.27. The molecular formula is C16H24FN3O3. The average molecular weight is 325 g/mol. The molecular weight excluding hydrogens is 301 g/mol. The van der Waals surface area contributed by atoms with Gasteiger partial charge in [-0.1, -0.05) is 18.2 Å². The summed E-state index contributed by atoms with van der Waals surface area (Å²) in [4.78, 5) is 16.0. The van der Waals surface area contributed by atoms with Gasteiger partial charge in [0.25, 0.3) is 0 Å². The topological polar surface area (TPSA) is 54.0 Å². The molecule has 0 bridgehead atoms. The molecule has 1 fully saturated rings. The lowest BCUT2D eigenvalue weighted by molar-refractivity contribution is 0.0470. The van der Waals surface area contributed by atoms with Gasteiger partial charge >= 0.3 is 6.03 Å². The number of carbonyl (C=O) groups is 1. The minimum absolute atomic E-state index is 0.122. The highest BCUT2D eigenvalue weighted by Crippen LogP contribution is 2.10. The van der Waals surface area contributed by atoms with Gasteiger partial charge in [0.1, 0.15) is 18.7 Å². The highest BCUT2D eigenvalue weighted by Gasteiger charge is 2.20. The number of urea groups is 1. The molecule has 1 heterocycles. The van der Waals surface area contributed by atoms with E-state index in [0.717, 1.165) is 0 Å². The van der Waals surface area contributed by atoms with E-state index in [0.29, 0.717) is 31.8 Å². The van der Waals surface area contributed by atoms with Crippen molar-refractivity contribution in [2.75, 3.05) is 47.1 Å². The minimum Gasteiger partial charge on any atom is -0.353 e. The number of hydrogen-bond acceptors (Lipinski definition) is 4. The highest BCUT2D eigenvalue weighted by atomic mass is 19.1. The summed E-state index contributed by atoms with van der Waals surface area (Å²) in [5.41, 5.74) is 0.502. The van der Waals surface area contributed by atoms with E-state index in [-0.39, 0.29) is 31.3 Å². The smallest absolute Gasteiger partial charge is 0.317 e. The number of rotatable bonds is 7. The van der Waals surface area contributed by atoms with Crippen molar-refractivity contribution in [2.24, 2.45) is 0 Å². The fraction of sp³-hybridized carbons (Fsp3) is 0.562. The van der Waals surface area contributed by atoms with Crippen molar-refractivity contribution < 1.29 is 18.7 Å². The van der Waals surface area contributed by atoms with E-state index in [1.807, 2.05) is 19.0 Å². The number of carbonyl (C=O) groups excluding carboxylic acids is 1. The van der Waals surface area contributed by atoms with Gasteiger partial charge in [-0.2, -0.15) is 0 Å². The van der Waals surface area contributed by atoms with Crippen LogP contribution in [0.3, 0.4) is 0 Å². The van der Waals surface area contributed by atoms with Gasteiger partial charge in [-0.05, 0) is 20.2 Å². The van der Waals surface area contributed by atoms with Crippen LogP contribution in [0.15, 0.2) is 24.3 Å². The molecule has 0 aliphatic carbocycles. The van der Waals surface area contributed by atoms with Crippen molar-refractivity contribution >= 4 is 6.03 Å². The molecule has 1 aliphatic heterocycles. The predicted molar refractivity (Wildman–Crippen MR) is 84.5 cm³/mol. The van der Waals surface area contributed by atoms with Crippen molar-refractivity contribution in [3.63, 3.8) is 0 Å². The van der Waals surface area contributed by atoms with E-state index in [4.69, 9.17) is 9.47 Å². The van der Waals surface area contributed by atoms with E-state index in [9.17, 15) is 9.18 Å². The fourth-order valence-corrected chi connectivity index (χ4v) is 2.21. The van der Waals surface area contributed by atoms with E-state index in [1.54, 1.807) is 23.1 Å². The van der Waals surface area contributed by atoms with Gasteiger partial charge in [0, 0.05) is 25.2 Å². The SMILES string of the molecule is CN(C)CCN(Cc1ccccc1F)C(=O)NCC1COCO1. The van der Waals surface area contributed by atoms with Gasteiger partial charge in [-0.15, -0.1) is 0 Å². The van der Waals surface area contributed by atoms with Crippen molar-refractivity contribution in [3.05, 3.63) is 35.6 Å². The van der Waals surface area contributed by atoms with Gasteiger partial charge in [-0.25, -0.2) is 9.18 Å².